The minimum atomic E-state index is -1.36. The van der Waals surface area contributed by atoms with Crippen molar-refractivity contribution in [2.24, 2.45) is 0 Å². The van der Waals surface area contributed by atoms with Gasteiger partial charge in [0.2, 0.25) is 6.36 Å². The summed E-state index contributed by atoms with van der Waals surface area (Å²) in [5.74, 6) is 1.24. The maximum absolute atomic E-state index is 13.3. The molecular weight excluding hydrogens is 453 g/mol. The van der Waals surface area contributed by atoms with Gasteiger partial charge in [-0.1, -0.05) is 30.3 Å². The number of pyridine rings is 1. The zero-order chi connectivity index (χ0) is 24.1. The van der Waals surface area contributed by atoms with E-state index < -0.39 is 6.36 Å². The predicted molar refractivity (Wildman–Crippen MR) is 136 cm³/mol. The summed E-state index contributed by atoms with van der Waals surface area (Å²) in [7, 11) is 1.66. The molecule has 3 aromatic rings. The molecule has 178 valence electrons. The molecule has 1 aromatic heterocycles. The van der Waals surface area contributed by atoms with Crippen LogP contribution in [-0.2, 0) is 0 Å². The Labute approximate surface area is 205 Å². The van der Waals surface area contributed by atoms with Crippen LogP contribution in [0.3, 0.4) is 0 Å². The summed E-state index contributed by atoms with van der Waals surface area (Å²) in [6, 6.07) is 17.4. The van der Waals surface area contributed by atoms with Crippen LogP contribution in [0.4, 0.5) is 15.8 Å². The first-order chi connectivity index (χ1) is 16.5. The van der Waals surface area contributed by atoms with E-state index in [-0.39, 0.29) is 6.04 Å². The first-order valence-corrected chi connectivity index (χ1v) is 11.7. The van der Waals surface area contributed by atoms with Crippen LogP contribution in [0, 0.1) is 0 Å². The number of aromatic nitrogens is 1. The molecule has 1 saturated heterocycles. The van der Waals surface area contributed by atoms with E-state index in [0.29, 0.717) is 10.8 Å². The highest BCUT2D eigenvalue weighted by Gasteiger charge is 2.29. The van der Waals surface area contributed by atoms with Crippen molar-refractivity contribution in [1.29, 1.82) is 0 Å². The van der Waals surface area contributed by atoms with Crippen molar-refractivity contribution >= 4 is 28.7 Å². The third kappa shape index (κ3) is 5.45. The van der Waals surface area contributed by atoms with Gasteiger partial charge in [0.25, 0.3) is 0 Å². The Bertz CT molecular complexity index is 1100. The Morgan fingerprint density at radius 3 is 2.41 bits per heavy atom. The van der Waals surface area contributed by atoms with Gasteiger partial charge in [-0.15, -0.1) is 0 Å². The monoisotopic (exact) mass is 481 g/mol. The number of ether oxygens (including phenoxy) is 2. The number of nitrogens with zero attached hydrogens (tertiary/aromatic N) is 3. The van der Waals surface area contributed by atoms with E-state index in [9.17, 15) is 4.39 Å². The van der Waals surface area contributed by atoms with Crippen LogP contribution in [-0.4, -0.2) is 42.5 Å². The van der Waals surface area contributed by atoms with E-state index >= 15 is 0 Å². The number of methoxy groups -OCH3 is 1. The SMILES string of the molecule is C=C(c1ccc(Cl)cc1)N1CCC(N(c2ccc(O[C@H](C)F)cc2)c2cnccc2OC)CC1. The number of halogens is 2. The first kappa shape index (κ1) is 23.9. The Balaban J connectivity index is 1.56. The largest absolute Gasteiger partial charge is 0.494 e. The molecule has 0 unspecified atom stereocenters. The average Bonchev–Trinajstić information content (AvgIpc) is 2.86. The van der Waals surface area contributed by atoms with Gasteiger partial charge in [-0.25, -0.2) is 4.39 Å². The molecule has 5 nitrogen and oxygen atoms in total. The lowest BCUT2D eigenvalue weighted by molar-refractivity contribution is 0.0861. The summed E-state index contributed by atoms with van der Waals surface area (Å²) in [4.78, 5) is 8.93. The minimum absolute atomic E-state index is 0.222. The fraction of sp³-hybridized carbons (Fsp3) is 0.296. The maximum Gasteiger partial charge on any atom is 0.235 e. The lowest BCUT2D eigenvalue weighted by Gasteiger charge is -2.41. The standard InChI is InChI=1S/C27H29ClFN3O2/c1-19(21-4-6-22(28)7-5-21)31-16-13-24(14-17-31)32(26-18-30-15-12-27(26)33-3)23-8-10-25(11-9-23)34-20(2)29/h4-12,15,18,20,24H,1,13-14,16-17H2,2-3H3/t20-/m1/s1. The normalized spacial score (nSPS) is 15.0. The van der Waals surface area contributed by atoms with Gasteiger partial charge in [0.05, 0.1) is 13.3 Å². The Kier molecular flexibility index (Phi) is 7.58. The van der Waals surface area contributed by atoms with Crippen molar-refractivity contribution in [2.75, 3.05) is 25.1 Å². The summed E-state index contributed by atoms with van der Waals surface area (Å²) in [6.07, 6.45) is 4.03. The Morgan fingerprint density at radius 2 is 1.79 bits per heavy atom. The van der Waals surface area contributed by atoms with Gasteiger partial charge >= 0.3 is 0 Å². The predicted octanol–water partition coefficient (Wildman–Crippen LogP) is 6.71. The molecule has 4 rings (SSSR count). The van der Waals surface area contributed by atoms with Crippen LogP contribution >= 0.6 is 11.6 Å². The number of hydrogen-bond acceptors (Lipinski definition) is 5. The summed E-state index contributed by atoms with van der Waals surface area (Å²) in [5, 5.41) is 0.716. The smallest absolute Gasteiger partial charge is 0.235 e. The fourth-order valence-corrected chi connectivity index (χ4v) is 4.49. The molecule has 0 saturated carbocycles. The number of anilines is 2. The molecule has 0 N–H and O–H groups in total. The summed E-state index contributed by atoms with van der Waals surface area (Å²) in [5.41, 5.74) is 3.95. The average molecular weight is 482 g/mol. The van der Waals surface area contributed by atoms with E-state index in [1.165, 1.54) is 6.92 Å². The van der Waals surface area contributed by atoms with E-state index in [1.54, 1.807) is 25.4 Å². The van der Waals surface area contributed by atoms with E-state index in [2.05, 4.69) is 21.4 Å². The van der Waals surface area contributed by atoms with Crippen LogP contribution < -0.4 is 14.4 Å². The van der Waals surface area contributed by atoms with E-state index in [4.69, 9.17) is 21.1 Å². The molecule has 0 bridgehead atoms. The first-order valence-electron chi connectivity index (χ1n) is 11.3. The summed E-state index contributed by atoms with van der Waals surface area (Å²) in [6.45, 7) is 7.42. The molecule has 1 aliphatic heterocycles. The summed E-state index contributed by atoms with van der Waals surface area (Å²) < 4.78 is 24.1. The number of benzene rings is 2. The topological polar surface area (TPSA) is 37.8 Å². The van der Waals surface area contributed by atoms with Crippen molar-refractivity contribution in [3.05, 3.63) is 84.2 Å². The van der Waals surface area contributed by atoms with Crippen LogP contribution in [0.1, 0.15) is 25.3 Å². The molecule has 2 aromatic carbocycles. The third-order valence-electron chi connectivity index (χ3n) is 6.04. The highest BCUT2D eigenvalue weighted by molar-refractivity contribution is 6.30. The van der Waals surface area contributed by atoms with Crippen LogP contribution in [0.25, 0.3) is 5.70 Å². The molecule has 0 spiro atoms. The molecule has 2 heterocycles. The number of alkyl halides is 1. The zero-order valence-electron chi connectivity index (χ0n) is 19.5. The number of piperidine rings is 1. The van der Waals surface area contributed by atoms with E-state index in [0.717, 1.165) is 54.3 Å². The Hall–Kier alpha value is -3.25. The van der Waals surface area contributed by atoms with Gasteiger partial charge in [-0.05, 0) is 54.8 Å². The fourth-order valence-electron chi connectivity index (χ4n) is 4.37. The molecule has 0 amide bonds. The minimum Gasteiger partial charge on any atom is -0.494 e. The number of rotatable bonds is 8. The van der Waals surface area contributed by atoms with Gasteiger partial charge < -0.3 is 19.3 Å². The quantitative estimate of drug-likeness (QED) is 0.357. The van der Waals surface area contributed by atoms with Gasteiger partial charge in [0, 0.05) is 54.7 Å². The van der Waals surface area contributed by atoms with Gasteiger partial charge in [-0.2, -0.15) is 0 Å². The molecule has 1 aliphatic rings. The highest BCUT2D eigenvalue weighted by atomic mass is 35.5. The molecular formula is C27H29ClFN3O2. The molecule has 7 heteroatoms. The second kappa shape index (κ2) is 10.8. The highest BCUT2D eigenvalue weighted by Crippen LogP contribution is 2.38. The third-order valence-corrected chi connectivity index (χ3v) is 6.29. The number of likely N-dealkylation sites (tertiary alicyclic amines) is 1. The van der Waals surface area contributed by atoms with Gasteiger partial charge in [-0.3, -0.25) is 4.98 Å². The molecule has 0 radical (unpaired) electrons. The molecule has 1 fully saturated rings. The van der Waals surface area contributed by atoms with Crippen molar-refractivity contribution in [1.82, 2.24) is 9.88 Å². The molecule has 0 aliphatic carbocycles. The van der Waals surface area contributed by atoms with E-state index in [1.807, 2.05) is 48.7 Å². The maximum atomic E-state index is 13.3. The van der Waals surface area contributed by atoms with Crippen molar-refractivity contribution in [3.63, 3.8) is 0 Å². The molecule has 1 atom stereocenters. The van der Waals surface area contributed by atoms with Crippen molar-refractivity contribution < 1.29 is 13.9 Å². The second-order valence-corrected chi connectivity index (χ2v) is 8.68. The zero-order valence-corrected chi connectivity index (χ0v) is 20.2. The molecule has 34 heavy (non-hydrogen) atoms. The summed E-state index contributed by atoms with van der Waals surface area (Å²) >= 11 is 6.04. The van der Waals surface area contributed by atoms with Crippen LogP contribution in [0.2, 0.25) is 5.02 Å². The lowest BCUT2D eigenvalue weighted by atomic mass is 9.99. The lowest BCUT2D eigenvalue weighted by Crippen LogP contribution is -2.42. The number of hydrogen-bond donors (Lipinski definition) is 0. The second-order valence-electron chi connectivity index (χ2n) is 8.24. The van der Waals surface area contributed by atoms with Gasteiger partial charge in [0.15, 0.2) is 0 Å². The van der Waals surface area contributed by atoms with Crippen LogP contribution in [0.5, 0.6) is 11.5 Å². The van der Waals surface area contributed by atoms with Crippen molar-refractivity contribution in [2.45, 2.75) is 32.2 Å². The van der Waals surface area contributed by atoms with Crippen molar-refractivity contribution in [3.8, 4) is 11.5 Å². The Morgan fingerprint density at radius 1 is 1.12 bits per heavy atom. The van der Waals surface area contributed by atoms with Gasteiger partial charge in [0.1, 0.15) is 17.2 Å². The van der Waals surface area contributed by atoms with Crippen LogP contribution in [0.15, 0.2) is 73.6 Å².